The fourth-order valence-corrected chi connectivity index (χ4v) is 4.56. The molecule has 4 rings (SSSR count). The molecule has 1 amide bonds. The number of amides is 1. The molecule has 2 aromatic heterocycles. The number of carbonyl (C=O) groups is 1. The van der Waals surface area contributed by atoms with Crippen LogP contribution in [0.3, 0.4) is 0 Å². The van der Waals surface area contributed by atoms with E-state index >= 15 is 0 Å². The molecule has 164 valence electrons. The van der Waals surface area contributed by atoms with Gasteiger partial charge in [-0.2, -0.15) is 5.10 Å². The van der Waals surface area contributed by atoms with E-state index in [2.05, 4.69) is 20.1 Å². The van der Waals surface area contributed by atoms with Crippen LogP contribution in [0.2, 0.25) is 0 Å². The number of benzene rings is 2. The molecule has 11 heteroatoms. The van der Waals surface area contributed by atoms with Crippen LogP contribution in [0.5, 0.6) is 5.75 Å². The lowest BCUT2D eigenvalue weighted by Gasteiger charge is -2.08. The minimum atomic E-state index is -3.75. The number of para-hydroxylation sites is 1. The van der Waals surface area contributed by atoms with E-state index in [-0.39, 0.29) is 22.5 Å². The molecule has 0 aliphatic heterocycles. The van der Waals surface area contributed by atoms with Gasteiger partial charge in [0, 0.05) is 23.5 Å². The summed E-state index contributed by atoms with van der Waals surface area (Å²) < 4.78 is 34.4. The van der Waals surface area contributed by atoms with Gasteiger partial charge in [-0.05, 0) is 48.9 Å². The molecule has 0 atom stereocenters. The van der Waals surface area contributed by atoms with E-state index in [0.717, 1.165) is 11.3 Å². The molecule has 0 aliphatic rings. The number of thiazole rings is 1. The number of nitrogens with one attached hydrogen (secondary N) is 2. The third kappa shape index (κ3) is 5.13. The quantitative estimate of drug-likeness (QED) is 0.406. The summed E-state index contributed by atoms with van der Waals surface area (Å²) in [5, 5.41) is 8.87. The highest BCUT2D eigenvalue weighted by Crippen LogP contribution is 2.20. The molecule has 2 N–H and O–H groups in total. The Labute approximate surface area is 188 Å². The van der Waals surface area contributed by atoms with E-state index in [1.54, 1.807) is 17.6 Å². The zero-order chi connectivity index (χ0) is 22.6. The van der Waals surface area contributed by atoms with Gasteiger partial charge in [0.1, 0.15) is 5.75 Å². The Balaban J connectivity index is 1.36. The standard InChI is InChI=1S/C21H19N5O4S2/c1-15-4-2-3-5-19(15)30-14-26-12-10-18(24-26)20(27)23-16-6-8-17(9-7-16)32(28,29)25-21-22-11-13-31-21/h2-13H,14H2,1H3,(H,22,25)(H,23,27). The van der Waals surface area contributed by atoms with Gasteiger partial charge >= 0.3 is 0 Å². The summed E-state index contributed by atoms with van der Waals surface area (Å²) in [7, 11) is -3.75. The molecule has 0 unspecified atom stereocenters. The van der Waals surface area contributed by atoms with Crippen LogP contribution in [0.15, 0.2) is 77.3 Å². The van der Waals surface area contributed by atoms with Gasteiger partial charge in [-0.15, -0.1) is 11.3 Å². The van der Waals surface area contributed by atoms with E-state index in [4.69, 9.17) is 4.74 Å². The maximum Gasteiger partial charge on any atom is 0.276 e. The number of aryl methyl sites for hydroxylation is 1. The predicted molar refractivity (Wildman–Crippen MR) is 121 cm³/mol. The zero-order valence-electron chi connectivity index (χ0n) is 16.9. The molecule has 0 fully saturated rings. The maximum absolute atomic E-state index is 12.5. The number of hydrogen-bond donors (Lipinski definition) is 2. The van der Waals surface area contributed by atoms with Crippen molar-refractivity contribution < 1.29 is 17.9 Å². The lowest BCUT2D eigenvalue weighted by Crippen LogP contribution is -2.15. The zero-order valence-corrected chi connectivity index (χ0v) is 18.6. The van der Waals surface area contributed by atoms with Gasteiger partial charge in [0.2, 0.25) is 0 Å². The molecule has 2 aromatic carbocycles. The number of hydrogen-bond acceptors (Lipinski definition) is 7. The SMILES string of the molecule is Cc1ccccc1OCn1ccc(C(=O)Nc2ccc(S(=O)(=O)Nc3nccs3)cc2)n1. The maximum atomic E-state index is 12.5. The van der Waals surface area contributed by atoms with Crippen molar-refractivity contribution >= 4 is 38.1 Å². The molecular formula is C21H19N5O4S2. The van der Waals surface area contributed by atoms with Gasteiger partial charge in [-0.3, -0.25) is 9.52 Å². The Bertz CT molecular complexity index is 1320. The van der Waals surface area contributed by atoms with Gasteiger partial charge in [0.05, 0.1) is 4.90 Å². The first-order valence-electron chi connectivity index (χ1n) is 9.46. The van der Waals surface area contributed by atoms with Crippen LogP contribution >= 0.6 is 11.3 Å². The molecule has 0 saturated heterocycles. The number of aromatic nitrogens is 3. The molecule has 0 bridgehead atoms. The summed E-state index contributed by atoms with van der Waals surface area (Å²) in [6.07, 6.45) is 3.16. The highest BCUT2D eigenvalue weighted by molar-refractivity contribution is 7.93. The Hall–Kier alpha value is -3.70. The minimum Gasteiger partial charge on any atom is -0.471 e. The summed E-state index contributed by atoms with van der Waals surface area (Å²) in [4.78, 5) is 16.4. The highest BCUT2D eigenvalue weighted by Gasteiger charge is 2.16. The fraction of sp³-hybridized carbons (Fsp3) is 0.0952. The van der Waals surface area contributed by atoms with Crippen molar-refractivity contribution in [3.63, 3.8) is 0 Å². The molecule has 0 aliphatic carbocycles. The summed E-state index contributed by atoms with van der Waals surface area (Å²) >= 11 is 1.18. The number of sulfonamides is 1. The minimum absolute atomic E-state index is 0.0586. The van der Waals surface area contributed by atoms with Gasteiger partial charge in [-0.25, -0.2) is 18.1 Å². The van der Waals surface area contributed by atoms with Crippen LogP contribution in [-0.2, 0) is 16.8 Å². The largest absolute Gasteiger partial charge is 0.471 e. The number of nitrogens with zero attached hydrogens (tertiary/aromatic N) is 3. The molecule has 0 saturated carbocycles. The van der Waals surface area contributed by atoms with Gasteiger partial charge < -0.3 is 10.1 Å². The van der Waals surface area contributed by atoms with Crippen LogP contribution in [0.1, 0.15) is 16.1 Å². The average Bonchev–Trinajstić information content (AvgIpc) is 3.45. The van der Waals surface area contributed by atoms with Crippen molar-refractivity contribution in [2.75, 3.05) is 10.0 Å². The van der Waals surface area contributed by atoms with Crippen molar-refractivity contribution in [1.29, 1.82) is 0 Å². The molecule has 0 radical (unpaired) electrons. The molecule has 2 heterocycles. The van der Waals surface area contributed by atoms with Crippen LogP contribution in [0.4, 0.5) is 10.8 Å². The summed E-state index contributed by atoms with van der Waals surface area (Å²) in [5.74, 6) is 0.324. The summed E-state index contributed by atoms with van der Waals surface area (Å²) in [6, 6.07) is 15.0. The van der Waals surface area contributed by atoms with Gasteiger partial charge in [0.25, 0.3) is 15.9 Å². The topological polar surface area (TPSA) is 115 Å². The Morgan fingerprint density at radius 1 is 1.12 bits per heavy atom. The van der Waals surface area contributed by atoms with Crippen LogP contribution in [-0.4, -0.2) is 29.1 Å². The average molecular weight is 470 g/mol. The number of anilines is 2. The Morgan fingerprint density at radius 3 is 2.62 bits per heavy atom. The van der Waals surface area contributed by atoms with E-state index in [0.29, 0.717) is 5.69 Å². The predicted octanol–water partition coefficient (Wildman–Crippen LogP) is 3.74. The van der Waals surface area contributed by atoms with Crippen molar-refractivity contribution in [1.82, 2.24) is 14.8 Å². The lowest BCUT2D eigenvalue weighted by atomic mass is 10.2. The molecular weight excluding hydrogens is 450 g/mol. The summed E-state index contributed by atoms with van der Waals surface area (Å²) in [6.45, 7) is 2.11. The first-order valence-corrected chi connectivity index (χ1v) is 11.8. The third-order valence-corrected chi connectivity index (χ3v) is 6.57. The highest BCUT2D eigenvalue weighted by atomic mass is 32.2. The van der Waals surface area contributed by atoms with Crippen LogP contribution in [0, 0.1) is 6.92 Å². The summed E-state index contributed by atoms with van der Waals surface area (Å²) in [5.41, 5.74) is 1.65. The van der Waals surface area contributed by atoms with Crippen LogP contribution < -0.4 is 14.8 Å². The smallest absolute Gasteiger partial charge is 0.276 e. The van der Waals surface area contributed by atoms with Crippen molar-refractivity contribution in [3.05, 3.63) is 83.6 Å². The van der Waals surface area contributed by atoms with Crippen molar-refractivity contribution in [3.8, 4) is 5.75 Å². The van der Waals surface area contributed by atoms with E-state index < -0.39 is 15.9 Å². The third-order valence-electron chi connectivity index (χ3n) is 4.40. The second kappa shape index (κ2) is 9.20. The molecule has 32 heavy (non-hydrogen) atoms. The normalized spacial score (nSPS) is 11.2. The van der Waals surface area contributed by atoms with Crippen molar-refractivity contribution in [2.45, 2.75) is 18.6 Å². The van der Waals surface area contributed by atoms with E-state index in [1.165, 1.54) is 46.5 Å². The first-order chi connectivity index (χ1) is 15.4. The van der Waals surface area contributed by atoms with E-state index in [9.17, 15) is 13.2 Å². The molecule has 0 spiro atoms. The molecule has 9 nitrogen and oxygen atoms in total. The second-order valence-electron chi connectivity index (χ2n) is 6.70. The number of carbonyl (C=O) groups excluding carboxylic acids is 1. The van der Waals surface area contributed by atoms with E-state index in [1.807, 2.05) is 31.2 Å². The van der Waals surface area contributed by atoms with Crippen molar-refractivity contribution in [2.24, 2.45) is 0 Å². The molecule has 4 aromatic rings. The fourth-order valence-electron chi connectivity index (χ4n) is 2.77. The first kappa shape index (κ1) is 21.5. The van der Waals surface area contributed by atoms with Gasteiger partial charge in [-0.1, -0.05) is 18.2 Å². The number of ether oxygens (including phenoxy) is 1. The Kier molecular flexibility index (Phi) is 6.19. The monoisotopic (exact) mass is 469 g/mol. The van der Waals surface area contributed by atoms with Crippen LogP contribution in [0.25, 0.3) is 0 Å². The number of rotatable bonds is 8. The Morgan fingerprint density at radius 2 is 1.91 bits per heavy atom. The lowest BCUT2D eigenvalue weighted by molar-refractivity contribution is 0.102. The second-order valence-corrected chi connectivity index (χ2v) is 9.28. The van der Waals surface area contributed by atoms with Gasteiger partial charge in [0.15, 0.2) is 17.6 Å².